The van der Waals surface area contributed by atoms with E-state index in [0.29, 0.717) is 28.1 Å². The van der Waals surface area contributed by atoms with Crippen LogP contribution in [0.4, 0.5) is 11.4 Å². The first-order chi connectivity index (χ1) is 11.5. The highest BCUT2D eigenvalue weighted by molar-refractivity contribution is 6.13. The summed E-state index contributed by atoms with van der Waals surface area (Å²) in [5.74, 6) is 0.0558. The molecular weight excluding hydrogens is 306 g/mol. The SMILES string of the molecule is CC(C)c1cccc(NC(=O)c2c[nH]c3ccc([N+](=O)[O-])cc23)c1. The monoisotopic (exact) mass is 323 g/mol. The summed E-state index contributed by atoms with van der Waals surface area (Å²) in [6, 6.07) is 12.1. The lowest BCUT2D eigenvalue weighted by Gasteiger charge is -2.09. The van der Waals surface area contributed by atoms with E-state index in [9.17, 15) is 14.9 Å². The van der Waals surface area contributed by atoms with Gasteiger partial charge in [-0.3, -0.25) is 14.9 Å². The van der Waals surface area contributed by atoms with Crippen LogP contribution < -0.4 is 5.32 Å². The van der Waals surface area contributed by atoms with Gasteiger partial charge in [0, 0.05) is 34.9 Å². The molecule has 2 aromatic carbocycles. The minimum absolute atomic E-state index is 0.0436. The van der Waals surface area contributed by atoms with Crippen LogP contribution in [-0.2, 0) is 0 Å². The van der Waals surface area contributed by atoms with Crippen molar-refractivity contribution < 1.29 is 9.72 Å². The summed E-state index contributed by atoms with van der Waals surface area (Å²) in [6.45, 7) is 4.17. The maximum atomic E-state index is 12.6. The molecule has 24 heavy (non-hydrogen) atoms. The van der Waals surface area contributed by atoms with Crippen LogP contribution in [0.2, 0.25) is 0 Å². The molecule has 0 aliphatic carbocycles. The van der Waals surface area contributed by atoms with Crippen molar-refractivity contribution in [1.29, 1.82) is 0 Å². The fourth-order valence-corrected chi connectivity index (χ4v) is 2.58. The number of aromatic nitrogens is 1. The van der Waals surface area contributed by atoms with Gasteiger partial charge in [0.15, 0.2) is 0 Å². The summed E-state index contributed by atoms with van der Waals surface area (Å²) in [4.78, 5) is 26.0. The zero-order valence-corrected chi connectivity index (χ0v) is 13.4. The average molecular weight is 323 g/mol. The Morgan fingerprint density at radius 2 is 2.00 bits per heavy atom. The van der Waals surface area contributed by atoms with E-state index in [1.807, 2.05) is 24.3 Å². The van der Waals surface area contributed by atoms with Gasteiger partial charge in [0.25, 0.3) is 11.6 Å². The molecule has 1 aromatic heterocycles. The highest BCUT2D eigenvalue weighted by Crippen LogP contribution is 2.25. The fraction of sp³-hybridized carbons (Fsp3) is 0.167. The molecule has 0 spiro atoms. The van der Waals surface area contributed by atoms with Crippen LogP contribution in [-0.4, -0.2) is 15.8 Å². The minimum atomic E-state index is -0.472. The fourth-order valence-electron chi connectivity index (χ4n) is 2.58. The smallest absolute Gasteiger partial charge is 0.270 e. The summed E-state index contributed by atoms with van der Waals surface area (Å²) in [5, 5.41) is 14.3. The molecule has 0 unspecified atom stereocenters. The van der Waals surface area contributed by atoms with Gasteiger partial charge < -0.3 is 10.3 Å². The predicted octanol–water partition coefficient (Wildman–Crippen LogP) is 4.45. The Kier molecular flexibility index (Phi) is 4.04. The Morgan fingerprint density at radius 1 is 1.21 bits per heavy atom. The van der Waals surface area contributed by atoms with Crippen molar-refractivity contribution in [3.63, 3.8) is 0 Å². The zero-order chi connectivity index (χ0) is 17.3. The number of H-pyrrole nitrogens is 1. The van der Waals surface area contributed by atoms with Crippen molar-refractivity contribution >= 4 is 28.2 Å². The van der Waals surface area contributed by atoms with E-state index in [4.69, 9.17) is 0 Å². The van der Waals surface area contributed by atoms with Gasteiger partial charge in [0.05, 0.1) is 10.5 Å². The second-order valence-corrected chi connectivity index (χ2v) is 5.92. The molecule has 122 valence electrons. The summed E-state index contributed by atoms with van der Waals surface area (Å²) in [5.41, 5.74) is 2.84. The molecule has 1 heterocycles. The van der Waals surface area contributed by atoms with Crippen molar-refractivity contribution in [2.24, 2.45) is 0 Å². The highest BCUT2D eigenvalue weighted by atomic mass is 16.6. The van der Waals surface area contributed by atoms with E-state index in [1.165, 1.54) is 12.1 Å². The molecule has 0 aliphatic rings. The van der Waals surface area contributed by atoms with Gasteiger partial charge in [-0.2, -0.15) is 0 Å². The number of nitrogens with one attached hydrogen (secondary N) is 2. The van der Waals surface area contributed by atoms with Crippen LogP contribution >= 0.6 is 0 Å². The number of hydrogen-bond donors (Lipinski definition) is 2. The normalized spacial score (nSPS) is 11.0. The second-order valence-electron chi connectivity index (χ2n) is 5.92. The molecule has 0 fully saturated rings. The number of carbonyl (C=O) groups is 1. The minimum Gasteiger partial charge on any atom is -0.360 e. The van der Waals surface area contributed by atoms with Crippen LogP contribution in [0.1, 0.15) is 35.7 Å². The van der Waals surface area contributed by atoms with E-state index < -0.39 is 4.92 Å². The molecule has 6 nitrogen and oxygen atoms in total. The average Bonchev–Trinajstić information content (AvgIpc) is 2.98. The lowest BCUT2D eigenvalue weighted by Crippen LogP contribution is -2.11. The molecule has 0 radical (unpaired) electrons. The molecule has 0 saturated carbocycles. The first kappa shape index (κ1) is 15.7. The first-order valence-corrected chi connectivity index (χ1v) is 7.62. The van der Waals surface area contributed by atoms with Gasteiger partial charge in [0.2, 0.25) is 0 Å². The van der Waals surface area contributed by atoms with Gasteiger partial charge >= 0.3 is 0 Å². The van der Waals surface area contributed by atoms with E-state index in [-0.39, 0.29) is 11.6 Å². The predicted molar refractivity (Wildman–Crippen MR) is 93.4 cm³/mol. The van der Waals surface area contributed by atoms with Crippen LogP contribution in [0.15, 0.2) is 48.7 Å². The standard InChI is InChI=1S/C18H17N3O3/c1-11(2)12-4-3-5-13(8-12)20-18(22)16-10-19-17-7-6-14(21(23)24)9-15(16)17/h3-11,19H,1-2H3,(H,20,22). The van der Waals surface area contributed by atoms with Crippen molar-refractivity contribution in [3.8, 4) is 0 Å². The van der Waals surface area contributed by atoms with Gasteiger partial charge in [-0.1, -0.05) is 26.0 Å². The van der Waals surface area contributed by atoms with Crippen molar-refractivity contribution in [2.75, 3.05) is 5.32 Å². The van der Waals surface area contributed by atoms with E-state index in [2.05, 4.69) is 24.1 Å². The number of benzene rings is 2. The van der Waals surface area contributed by atoms with E-state index in [1.54, 1.807) is 12.3 Å². The molecule has 0 aliphatic heterocycles. The van der Waals surface area contributed by atoms with Gasteiger partial charge in [-0.05, 0) is 29.7 Å². The molecule has 0 atom stereocenters. The zero-order valence-electron chi connectivity index (χ0n) is 13.4. The topological polar surface area (TPSA) is 88.0 Å². The molecule has 2 N–H and O–H groups in total. The summed E-state index contributed by atoms with van der Waals surface area (Å²) >= 11 is 0. The number of anilines is 1. The van der Waals surface area contributed by atoms with Gasteiger partial charge in [-0.25, -0.2) is 0 Å². The molecule has 0 saturated heterocycles. The molecule has 1 amide bonds. The Bertz CT molecular complexity index is 928. The molecular formula is C18H17N3O3. The third-order valence-electron chi connectivity index (χ3n) is 3.93. The maximum absolute atomic E-state index is 12.6. The Balaban J connectivity index is 1.93. The Morgan fingerprint density at radius 3 is 2.71 bits per heavy atom. The number of nitro groups is 1. The number of aromatic amines is 1. The molecule has 3 aromatic rings. The Labute approximate surface area is 138 Å². The summed E-state index contributed by atoms with van der Waals surface area (Å²) in [7, 11) is 0. The summed E-state index contributed by atoms with van der Waals surface area (Å²) in [6.07, 6.45) is 1.57. The second kappa shape index (κ2) is 6.16. The van der Waals surface area contributed by atoms with Crippen LogP contribution in [0.25, 0.3) is 10.9 Å². The third kappa shape index (κ3) is 2.99. The lowest BCUT2D eigenvalue weighted by atomic mass is 10.0. The number of nitro benzene ring substituents is 1. The molecule has 6 heteroatoms. The number of rotatable bonds is 4. The van der Waals surface area contributed by atoms with E-state index >= 15 is 0 Å². The number of nitrogens with zero attached hydrogens (tertiary/aromatic N) is 1. The Hall–Kier alpha value is -3.15. The van der Waals surface area contributed by atoms with E-state index in [0.717, 1.165) is 5.56 Å². The van der Waals surface area contributed by atoms with Crippen molar-refractivity contribution in [3.05, 3.63) is 69.9 Å². The number of non-ortho nitro benzene ring substituents is 1. The molecule has 0 bridgehead atoms. The number of carbonyl (C=O) groups excluding carboxylic acids is 1. The van der Waals surface area contributed by atoms with Crippen molar-refractivity contribution in [1.82, 2.24) is 4.98 Å². The highest BCUT2D eigenvalue weighted by Gasteiger charge is 2.16. The summed E-state index contributed by atoms with van der Waals surface area (Å²) < 4.78 is 0. The van der Waals surface area contributed by atoms with Crippen molar-refractivity contribution in [2.45, 2.75) is 19.8 Å². The van der Waals surface area contributed by atoms with Crippen LogP contribution in [0, 0.1) is 10.1 Å². The third-order valence-corrected chi connectivity index (χ3v) is 3.93. The number of hydrogen-bond acceptors (Lipinski definition) is 3. The number of fused-ring (bicyclic) bond motifs is 1. The van der Waals surface area contributed by atoms with Gasteiger partial charge in [-0.15, -0.1) is 0 Å². The lowest BCUT2D eigenvalue weighted by molar-refractivity contribution is -0.384. The number of amides is 1. The quantitative estimate of drug-likeness (QED) is 0.549. The van der Waals surface area contributed by atoms with Crippen LogP contribution in [0.5, 0.6) is 0 Å². The molecule has 3 rings (SSSR count). The van der Waals surface area contributed by atoms with Gasteiger partial charge in [0.1, 0.15) is 0 Å². The largest absolute Gasteiger partial charge is 0.360 e. The first-order valence-electron chi connectivity index (χ1n) is 7.62. The van der Waals surface area contributed by atoms with Crippen LogP contribution in [0.3, 0.4) is 0 Å². The maximum Gasteiger partial charge on any atom is 0.270 e.